The lowest BCUT2D eigenvalue weighted by Gasteiger charge is -2.22. The zero-order chi connectivity index (χ0) is 14.8. The molecule has 3 rings (SSSR count). The van der Waals surface area contributed by atoms with Crippen LogP contribution in [0.4, 0.5) is 0 Å². The van der Waals surface area contributed by atoms with E-state index < -0.39 is 0 Å². The van der Waals surface area contributed by atoms with E-state index in [1.807, 2.05) is 29.2 Å². The maximum Gasteiger partial charge on any atom is 0.274 e. The number of rotatable bonds is 4. The standard InChI is InChI=1S/C15H13BrClN3O/c16-12-4-2-1-3-10(12)9-20(11-5-6-11)15(21)13-7-18-8-14(17)19-13/h1-4,7-8,11H,5-6,9H2. The van der Waals surface area contributed by atoms with Gasteiger partial charge < -0.3 is 4.90 Å². The second-order valence-electron chi connectivity index (χ2n) is 4.98. The molecule has 1 aromatic heterocycles. The first-order valence-corrected chi connectivity index (χ1v) is 7.84. The summed E-state index contributed by atoms with van der Waals surface area (Å²) < 4.78 is 1.00. The Kier molecular flexibility index (Phi) is 4.22. The predicted octanol–water partition coefficient (Wildman–Crippen LogP) is 3.70. The molecular weight excluding hydrogens is 354 g/mol. The van der Waals surface area contributed by atoms with Crippen molar-refractivity contribution < 1.29 is 4.79 Å². The minimum absolute atomic E-state index is 0.122. The number of hydrogen-bond acceptors (Lipinski definition) is 3. The van der Waals surface area contributed by atoms with Crippen molar-refractivity contribution in [1.29, 1.82) is 0 Å². The summed E-state index contributed by atoms with van der Waals surface area (Å²) in [5, 5.41) is 0.234. The number of aromatic nitrogens is 2. The summed E-state index contributed by atoms with van der Waals surface area (Å²) in [4.78, 5) is 22.5. The SMILES string of the molecule is O=C(c1cncc(Cl)n1)N(Cc1ccccc1Br)C1CC1. The molecule has 0 bridgehead atoms. The average Bonchev–Trinajstić information content (AvgIpc) is 3.30. The minimum atomic E-state index is -0.122. The Balaban J connectivity index is 1.85. The van der Waals surface area contributed by atoms with Crippen LogP contribution in [0.2, 0.25) is 5.15 Å². The van der Waals surface area contributed by atoms with Gasteiger partial charge in [-0.2, -0.15) is 0 Å². The highest BCUT2D eigenvalue weighted by atomic mass is 79.9. The summed E-state index contributed by atoms with van der Waals surface area (Å²) in [7, 11) is 0. The van der Waals surface area contributed by atoms with Crippen molar-refractivity contribution in [3.05, 3.63) is 57.5 Å². The van der Waals surface area contributed by atoms with E-state index in [9.17, 15) is 4.79 Å². The Labute approximate surface area is 136 Å². The van der Waals surface area contributed by atoms with Gasteiger partial charge in [0.1, 0.15) is 10.8 Å². The van der Waals surface area contributed by atoms with E-state index in [1.165, 1.54) is 12.4 Å². The van der Waals surface area contributed by atoms with Gasteiger partial charge in [0.05, 0.1) is 12.4 Å². The molecule has 0 radical (unpaired) electrons. The van der Waals surface area contributed by atoms with Gasteiger partial charge in [-0.25, -0.2) is 4.98 Å². The summed E-state index contributed by atoms with van der Waals surface area (Å²) >= 11 is 9.35. The van der Waals surface area contributed by atoms with Crippen molar-refractivity contribution in [2.45, 2.75) is 25.4 Å². The molecule has 0 spiro atoms. The molecule has 0 N–H and O–H groups in total. The smallest absolute Gasteiger partial charge is 0.274 e. The van der Waals surface area contributed by atoms with Gasteiger partial charge in [-0.05, 0) is 24.5 Å². The highest BCUT2D eigenvalue weighted by molar-refractivity contribution is 9.10. The van der Waals surface area contributed by atoms with Crippen molar-refractivity contribution in [3.63, 3.8) is 0 Å². The van der Waals surface area contributed by atoms with Gasteiger partial charge in [0.15, 0.2) is 0 Å². The Morgan fingerprint density at radius 2 is 2.10 bits per heavy atom. The van der Waals surface area contributed by atoms with Crippen LogP contribution in [0.1, 0.15) is 28.9 Å². The summed E-state index contributed by atoms with van der Waals surface area (Å²) in [6.45, 7) is 0.555. The fourth-order valence-corrected chi connectivity index (χ4v) is 2.71. The Bertz CT molecular complexity index is 675. The summed E-state index contributed by atoms with van der Waals surface area (Å²) in [6, 6.07) is 8.19. The molecule has 1 aliphatic rings. The summed E-state index contributed by atoms with van der Waals surface area (Å²) in [5.74, 6) is -0.122. The van der Waals surface area contributed by atoms with Gasteiger partial charge in [-0.3, -0.25) is 9.78 Å². The maximum atomic E-state index is 12.6. The molecule has 1 aliphatic carbocycles. The third-order valence-electron chi connectivity index (χ3n) is 3.37. The lowest BCUT2D eigenvalue weighted by molar-refractivity contribution is 0.0723. The topological polar surface area (TPSA) is 46.1 Å². The van der Waals surface area contributed by atoms with Gasteiger partial charge in [-0.1, -0.05) is 45.7 Å². The molecule has 1 fully saturated rings. The largest absolute Gasteiger partial charge is 0.330 e. The van der Waals surface area contributed by atoms with E-state index in [2.05, 4.69) is 25.9 Å². The lowest BCUT2D eigenvalue weighted by Crippen LogP contribution is -2.33. The first-order valence-electron chi connectivity index (χ1n) is 6.67. The molecule has 0 unspecified atom stereocenters. The molecule has 0 atom stereocenters. The molecule has 108 valence electrons. The normalized spacial score (nSPS) is 14.0. The summed E-state index contributed by atoms with van der Waals surface area (Å²) in [6.07, 6.45) is 4.95. The van der Waals surface area contributed by atoms with Gasteiger partial charge in [0.25, 0.3) is 5.91 Å². The molecule has 0 aliphatic heterocycles. The number of carbonyl (C=O) groups is 1. The van der Waals surface area contributed by atoms with Crippen LogP contribution < -0.4 is 0 Å². The second-order valence-corrected chi connectivity index (χ2v) is 6.22. The Hall–Kier alpha value is -1.46. The Morgan fingerprint density at radius 3 is 2.76 bits per heavy atom. The van der Waals surface area contributed by atoms with Crippen LogP contribution in [0.5, 0.6) is 0 Å². The quantitative estimate of drug-likeness (QED) is 0.829. The molecule has 1 aromatic carbocycles. The molecule has 6 heteroatoms. The molecule has 1 saturated carbocycles. The first kappa shape index (κ1) is 14.5. The lowest BCUT2D eigenvalue weighted by atomic mass is 10.2. The van der Waals surface area contributed by atoms with Crippen LogP contribution in [0.3, 0.4) is 0 Å². The molecule has 0 saturated heterocycles. The first-order chi connectivity index (χ1) is 10.1. The van der Waals surface area contributed by atoms with Crippen molar-refractivity contribution in [2.75, 3.05) is 0 Å². The number of amides is 1. The van der Waals surface area contributed by atoms with E-state index in [4.69, 9.17) is 11.6 Å². The summed E-state index contributed by atoms with van der Waals surface area (Å²) in [5.41, 5.74) is 1.37. The van der Waals surface area contributed by atoms with E-state index in [-0.39, 0.29) is 17.1 Å². The molecule has 4 nitrogen and oxygen atoms in total. The van der Waals surface area contributed by atoms with Gasteiger partial charge >= 0.3 is 0 Å². The molecule has 1 heterocycles. The van der Waals surface area contributed by atoms with E-state index >= 15 is 0 Å². The van der Waals surface area contributed by atoms with Gasteiger partial charge in [0.2, 0.25) is 0 Å². The van der Waals surface area contributed by atoms with Crippen LogP contribution in [0.15, 0.2) is 41.1 Å². The fourth-order valence-electron chi connectivity index (χ4n) is 2.16. The van der Waals surface area contributed by atoms with E-state index in [0.717, 1.165) is 22.9 Å². The third kappa shape index (κ3) is 3.41. The van der Waals surface area contributed by atoms with Crippen LogP contribution in [-0.4, -0.2) is 26.8 Å². The van der Waals surface area contributed by atoms with Crippen molar-refractivity contribution in [1.82, 2.24) is 14.9 Å². The minimum Gasteiger partial charge on any atom is -0.330 e. The van der Waals surface area contributed by atoms with Gasteiger partial charge in [0, 0.05) is 17.1 Å². The predicted molar refractivity (Wildman–Crippen MR) is 84.1 cm³/mol. The van der Waals surface area contributed by atoms with E-state index in [0.29, 0.717) is 12.2 Å². The fraction of sp³-hybridized carbons (Fsp3) is 0.267. The number of halogens is 2. The number of nitrogens with zero attached hydrogens (tertiary/aromatic N) is 3. The van der Waals surface area contributed by atoms with Crippen molar-refractivity contribution >= 4 is 33.4 Å². The third-order valence-corrected chi connectivity index (χ3v) is 4.33. The number of benzene rings is 1. The highest BCUT2D eigenvalue weighted by Crippen LogP contribution is 2.31. The van der Waals surface area contributed by atoms with Crippen molar-refractivity contribution in [3.8, 4) is 0 Å². The van der Waals surface area contributed by atoms with Crippen LogP contribution in [0.25, 0.3) is 0 Å². The van der Waals surface area contributed by atoms with Crippen molar-refractivity contribution in [2.24, 2.45) is 0 Å². The van der Waals surface area contributed by atoms with Crippen LogP contribution in [-0.2, 0) is 6.54 Å². The molecule has 1 amide bonds. The van der Waals surface area contributed by atoms with Gasteiger partial charge in [-0.15, -0.1) is 0 Å². The zero-order valence-electron chi connectivity index (χ0n) is 11.2. The zero-order valence-corrected chi connectivity index (χ0v) is 13.5. The second kappa shape index (κ2) is 6.12. The van der Waals surface area contributed by atoms with E-state index in [1.54, 1.807) is 0 Å². The number of carbonyl (C=O) groups excluding carboxylic acids is 1. The molecular formula is C15H13BrClN3O. The number of hydrogen-bond donors (Lipinski definition) is 0. The maximum absolute atomic E-state index is 12.6. The molecule has 21 heavy (non-hydrogen) atoms. The molecule has 2 aromatic rings. The average molecular weight is 367 g/mol. The van der Waals surface area contributed by atoms with Crippen LogP contribution >= 0.6 is 27.5 Å². The monoisotopic (exact) mass is 365 g/mol. The van der Waals surface area contributed by atoms with Crippen LogP contribution in [0, 0.1) is 0 Å². The Morgan fingerprint density at radius 1 is 1.33 bits per heavy atom. The highest BCUT2D eigenvalue weighted by Gasteiger charge is 2.34.